The van der Waals surface area contributed by atoms with Gasteiger partial charge in [-0.25, -0.2) is 14.8 Å². The summed E-state index contributed by atoms with van der Waals surface area (Å²) in [6, 6.07) is 6.45. The lowest BCUT2D eigenvalue weighted by molar-refractivity contribution is -0.137. The number of fused-ring (bicyclic) bond motifs is 1. The maximum Gasteiger partial charge on any atom is 0.416 e. The highest BCUT2D eigenvalue weighted by molar-refractivity contribution is 5.94. The van der Waals surface area contributed by atoms with Gasteiger partial charge in [-0.3, -0.25) is 14.3 Å². The monoisotopic (exact) mass is 386 g/mol. The molecule has 1 aromatic carbocycles. The number of H-pyrrole nitrogens is 1. The molecule has 0 saturated heterocycles. The number of benzene rings is 1. The maximum atomic E-state index is 13.0. The van der Waals surface area contributed by atoms with E-state index in [4.69, 9.17) is 0 Å². The normalized spacial score (nSPS) is 16.8. The van der Waals surface area contributed by atoms with Gasteiger partial charge in [-0.1, -0.05) is 18.2 Å². The zero-order valence-corrected chi connectivity index (χ0v) is 14.3. The van der Waals surface area contributed by atoms with E-state index in [-0.39, 0.29) is 18.1 Å². The fourth-order valence-electron chi connectivity index (χ4n) is 3.06. The summed E-state index contributed by atoms with van der Waals surface area (Å²) in [7, 11) is 0. The lowest BCUT2D eigenvalue weighted by Gasteiger charge is -2.12. The quantitative estimate of drug-likeness (QED) is 0.751. The molecule has 0 spiro atoms. The Bertz CT molecular complexity index is 1190. The van der Waals surface area contributed by atoms with E-state index >= 15 is 0 Å². The number of allylic oxidation sites excluding steroid dienone is 1. The Morgan fingerprint density at radius 1 is 1.14 bits per heavy atom. The van der Waals surface area contributed by atoms with Crippen molar-refractivity contribution in [1.29, 1.82) is 0 Å². The summed E-state index contributed by atoms with van der Waals surface area (Å²) in [4.78, 5) is 34.6. The van der Waals surface area contributed by atoms with Gasteiger partial charge in [0.1, 0.15) is 0 Å². The first-order chi connectivity index (χ1) is 13.3. The third-order valence-corrected chi connectivity index (χ3v) is 4.48. The predicted molar refractivity (Wildman–Crippen MR) is 96.9 cm³/mol. The summed E-state index contributed by atoms with van der Waals surface area (Å²) in [5.41, 5.74) is 0.205. The molecule has 1 N–H and O–H groups in total. The number of amides is 1. The van der Waals surface area contributed by atoms with Crippen molar-refractivity contribution in [1.82, 2.24) is 14.5 Å². The van der Waals surface area contributed by atoms with Gasteiger partial charge in [0.15, 0.2) is 5.65 Å². The van der Waals surface area contributed by atoms with Crippen molar-refractivity contribution in [3.63, 3.8) is 0 Å². The topological polar surface area (TPSA) is 80.1 Å². The van der Waals surface area contributed by atoms with Crippen molar-refractivity contribution in [2.45, 2.75) is 12.7 Å². The van der Waals surface area contributed by atoms with Crippen LogP contribution in [0.15, 0.2) is 58.5 Å². The zero-order valence-electron chi connectivity index (χ0n) is 14.3. The molecule has 1 aliphatic heterocycles. The second kappa shape index (κ2) is 6.59. The fourth-order valence-corrected chi connectivity index (χ4v) is 3.06. The molecule has 1 atom stereocenters. The van der Waals surface area contributed by atoms with Gasteiger partial charge < -0.3 is 0 Å². The van der Waals surface area contributed by atoms with E-state index in [2.05, 4.69) is 15.0 Å². The minimum Gasteiger partial charge on any atom is -0.290 e. The summed E-state index contributed by atoms with van der Waals surface area (Å²) < 4.78 is 40.3. The van der Waals surface area contributed by atoms with Gasteiger partial charge in [0.25, 0.3) is 5.91 Å². The van der Waals surface area contributed by atoms with Crippen LogP contribution < -0.4 is 5.69 Å². The number of nitrogens with zero attached hydrogens (tertiary/aromatic N) is 3. The zero-order chi connectivity index (χ0) is 19.9. The number of pyridine rings is 1. The third-order valence-electron chi connectivity index (χ3n) is 4.48. The van der Waals surface area contributed by atoms with Crippen LogP contribution in [0.4, 0.5) is 13.2 Å². The number of carbonyl (C=O) groups excluding carboxylic acids is 1. The van der Waals surface area contributed by atoms with Gasteiger partial charge in [0.05, 0.1) is 17.0 Å². The molecule has 4 rings (SSSR count). The molecule has 28 heavy (non-hydrogen) atoms. The smallest absolute Gasteiger partial charge is 0.290 e. The lowest BCUT2D eigenvalue weighted by atomic mass is 10.0. The molecular weight excluding hydrogens is 373 g/mol. The molecule has 0 aliphatic carbocycles. The van der Waals surface area contributed by atoms with E-state index in [1.54, 1.807) is 18.2 Å². The Labute approximate surface area is 156 Å². The summed E-state index contributed by atoms with van der Waals surface area (Å²) in [5, 5.41) is 0. The molecular formula is C19H13F3N4O2. The van der Waals surface area contributed by atoms with Crippen LogP contribution in [0, 0.1) is 5.92 Å². The molecule has 1 amide bonds. The number of nitrogens with one attached hydrogen (secondary N) is 1. The summed E-state index contributed by atoms with van der Waals surface area (Å²) in [6.45, 7) is 0.0548. The lowest BCUT2D eigenvalue weighted by Crippen LogP contribution is -2.25. The van der Waals surface area contributed by atoms with Crippen molar-refractivity contribution < 1.29 is 18.0 Å². The Kier molecular flexibility index (Phi) is 4.21. The van der Waals surface area contributed by atoms with Crippen LogP contribution >= 0.6 is 0 Å². The van der Waals surface area contributed by atoms with Gasteiger partial charge in [-0.15, -0.1) is 0 Å². The first kappa shape index (κ1) is 17.9. The van der Waals surface area contributed by atoms with Gasteiger partial charge in [-0.2, -0.15) is 13.2 Å². The van der Waals surface area contributed by atoms with Crippen LogP contribution in [0.3, 0.4) is 0 Å². The number of imidazole rings is 1. The van der Waals surface area contributed by atoms with E-state index in [0.29, 0.717) is 16.6 Å². The summed E-state index contributed by atoms with van der Waals surface area (Å²) in [5.74, 6) is -0.968. The van der Waals surface area contributed by atoms with Crippen LogP contribution in [0.2, 0.25) is 0 Å². The second-order valence-corrected chi connectivity index (χ2v) is 6.32. The number of alkyl halides is 3. The second-order valence-electron chi connectivity index (χ2n) is 6.32. The van der Waals surface area contributed by atoms with Gasteiger partial charge >= 0.3 is 11.9 Å². The highest BCUT2D eigenvalue weighted by Crippen LogP contribution is 2.32. The number of aliphatic imine (C=N–C) groups is 1. The molecule has 0 bridgehead atoms. The number of hydrogen-bond donors (Lipinski definition) is 1. The van der Waals surface area contributed by atoms with E-state index < -0.39 is 23.3 Å². The highest BCUT2D eigenvalue weighted by Gasteiger charge is 2.30. The number of aromatic nitrogens is 3. The average Bonchev–Trinajstić information content (AvgIpc) is 2.97. The molecule has 6 nitrogen and oxygen atoms in total. The van der Waals surface area contributed by atoms with Crippen molar-refractivity contribution in [3.8, 4) is 11.1 Å². The van der Waals surface area contributed by atoms with Crippen LogP contribution in [-0.4, -0.2) is 26.7 Å². The van der Waals surface area contributed by atoms with Crippen LogP contribution in [0.5, 0.6) is 0 Å². The largest absolute Gasteiger partial charge is 0.416 e. The molecule has 1 unspecified atom stereocenters. The molecule has 3 heterocycles. The molecule has 2 aromatic heterocycles. The van der Waals surface area contributed by atoms with Crippen LogP contribution in [0.25, 0.3) is 22.3 Å². The summed E-state index contributed by atoms with van der Waals surface area (Å²) in [6.07, 6.45) is 1.58. The van der Waals surface area contributed by atoms with Crippen LogP contribution in [-0.2, 0) is 17.5 Å². The Morgan fingerprint density at radius 3 is 2.71 bits per heavy atom. The van der Waals surface area contributed by atoms with E-state index in [1.807, 2.05) is 0 Å². The maximum absolute atomic E-state index is 13.0. The molecule has 142 valence electrons. The minimum absolute atomic E-state index is 0.0548. The summed E-state index contributed by atoms with van der Waals surface area (Å²) >= 11 is 0. The van der Waals surface area contributed by atoms with Gasteiger partial charge in [0, 0.05) is 24.5 Å². The Hall–Kier alpha value is -3.49. The number of carbonyl (C=O) groups is 1. The molecule has 0 radical (unpaired) electrons. The average molecular weight is 386 g/mol. The van der Waals surface area contributed by atoms with Crippen molar-refractivity contribution in [3.05, 3.63) is 64.7 Å². The standard InChI is InChI=1S/C19H13F3N4O2/c20-19(21,22)14-5-1-3-11(7-14)13-8-15-16(24-9-13)25-18(28)26(15)10-12-4-2-6-23-17(12)27/h1-9,12H,10H2,(H,24,25,28). The predicted octanol–water partition coefficient (Wildman–Crippen LogP) is 3.19. The number of hydrogen-bond acceptors (Lipinski definition) is 3. The highest BCUT2D eigenvalue weighted by atomic mass is 19.4. The minimum atomic E-state index is -4.46. The van der Waals surface area contributed by atoms with Gasteiger partial charge in [0.2, 0.25) is 0 Å². The Balaban J connectivity index is 1.77. The number of dihydropyridines is 1. The van der Waals surface area contributed by atoms with Crippen molar-refractivity contribution >= 4 is 23.3 Å². The number of halogens is 3. The van der Waals surface area contributed by atoms with E-state index in [0.717, 1.165) is 12.1 Å². The van der Waals surface area contributed by atoms with E-state index in [9.17, 15) is 22.8 Å². The first-order valence-corrected chi connectivity index (χ1v) is 8.34. The van der Waals surface area contributed by atoms with E-state index in [1.165, 1.54) is 29.1 Å². The van der Waals surface area contributed by atoms with Crippen LogP contribution in [0.1, 0.15) is 5.56 Å². The van der Waals surface area contributed by atoms with Gasteiger partial charge in [-0.05, 0) is 29.8 Å². The fraction of sp³-hybridized carbons (Fsp3) is 0.158. The number of aromatic amines is 1. The molecule has 0 saturated carbocycles. The molecule has 0 fully saturated rings. The Morgan fingerprint density at radius 2 is 1.96 bits per heavy atom. The van der Waals surface area contributed by atoms with Crippen molar-refractivity contribution in [2.24, 2.45) is 10.9 Å². The SMILES string of the molecule is O=C1N=CC=CC1Cn1c(=O)[nH]c2ncc(-c3cccc(C(F)(F)F)c3)cc21. The molecule has 3 aromatic rings. The molecule has 1 aliphatic rings. The molecule has 9 heteroatoms. The third kappa shape index (κ3) is 3.26. The van der Waals surface area contributed by atoms with Crippen molar-refractivity contribution in [2.75, 3.05) is 0 Å². The number of rotatable bonds is 3. The first-order valence-electron chi connectivity index (χ1n) is 8.34.